The third-order valence-corrected chi connectivity index (χ3v) is 14.8. The van der Waals surface area contributed by atoms with Crippen molar-refractivity contribution < 1.29 is 9.13 Å². The Morgan fingerprint density at radius 2 is 1.32 bits per heavy atom. The smallest absolute Gasteiger partial charge is 0.175 e. The molecule has 0 saturated heterocycles. The van der Waals surface area contributed by atoms with E-state index in [1.165, 1.54) is 0 Å². The Morgan fingerprint density at radius 3 is 1.95 bits per heavy atom. The number of para-hydroxylation sites is 2. The molecular weight excluding hydrogens is 578 g/mol. The first-order valence-corrected chi connectivity index (χ1v) is 18.1. The van der Waals surface area contributed by atoms with Crippen molar-refractivity contribution in [2.24, 2.45) is 0 Å². The van der Waals surface area contributed by atoms with Crippen LogP contribution in [0.15, 0.2) is 169 Å². The molecule has 2 unspecified atom stereocenters. The number of nitrogens with one attached hydrogen (secondary N) is 1. The Bertz CT molecular complexity index is 1990. The lowest BCUT2D eigenvalue weighted by molar-refractivity contribution is 0.590. The highest BCUT2D eigenvalue weighted by Crippen LogP contribution is 2.57. The molecule has 5 aromatic rings. The van der Waals surface area contributed by atoms with Crippen LogP contribution in [-0.4, -0.2) is 6.17 Å². The SMILES string of the molecule is C=C(/C=C\C(=C/C)P(=O)(c1ccccc1)c1ccccc1)C1Nc2cccc3c2N1c1ccccc1P3(=O)c1ccccc1. The van der Waals surface area contributed by atoms with E-state index in [1.54, 1.807) is 0 Å². The van der Waals surface area contributed by atoms with Gasteiger partial charge in [0.05, 0.1) is 17.1 Å². The van der Waals surface area contributed by atoms with Crippen LogP contribution in [0.5, 0.6) is 0 Å². The van der Waals surface area contributed by atoms with Crippen LogP contribution in [0.4, 0.5) is 17.1 Å². The van der Waals surface area contributed by atoms with Crippen molar-refractivity contribution in [1.29, 1.82) is 0 Å². The lowest BCUT2D eigenvalue weighted by atomic mass is 10.1. The molecule has 0 saturated carbocycles. The molecule has 6 heteroatoms. The third-order valence-electron chi connectivity index (χ3n) is 8.46. The maximum atomic E-state index is 15.2. The van der Waals surface area contributed by atoms with Crippen LogP contribution in [0.1, 0.15) is 6.92 Å². The first kappa shape index (κ1) is 28.2. The average Bonchev–Trinajstić information content (AvgIpc) is 3.49. The lowest BCUT2D eigenvalue weighted by Gasteiger charge is -2.37. The second-order valence-corrected chi connectivity index (χ2v) is 16.4. The Kier molecular flexibility index (Phi) is 7.13. The van der Waals surface area contributed by atoms with Crippen molar-refractivity contribution in [3.05, 3.63) is 169 Å². The van der Waals surface area contributed by atoms with Crippen LogP contribution >= 0.6 is 14.3 Å². The Morgan fingerprint density at radius 1 is 0.750 bits per heavy atom. The topological polar surface area (TPSA) is 49.4 Å². The van der Waals surface area contributed by atoms with E-state index < -0.39 is 14.3 Å². The molecule has 0 bridgehead atoms. The van der Waals surface area contributed by atoms with Gasteiger partial charge in [-0.1, -0.05) is 134 Å². The van der Waals surface area contributed by atoms with Crippen molar-refractivity contribution >= 4 is 57.9 Å². The summed E-state index contributed by atoms with van der Waals surface area (Å²) in [5.41, 5.74) is 3.53. The molecule has 2 aliphatic rings. The fourth-order valence-corrected chi connectivity index (χ4v) is 12.1. The Balaban J connectivity index is 1.30. The molecule has 0 spiro atoms. The molecule has 44 heavy (non-hydrogen) atoms. The van der Waals surface area contributed by atoms with Crippen molar-refractivity contribution in [3.8, 4) is 0 Å². The minimum absolute atomic E-state index is 0.320. The summed E-state index contributed by atoms with van der Waals surface area (Å²) in [6, 6.07) is 43.1. The minimum atomic E-state index is -3.14. The number of fused-ring (bicyclic) bond motifs is 2. The van der Waals surface area contributed by atoms with Gasteiger partial charge in [-0.2, -0.15) is 0 Å². The lowest BCUT2D eigenvalue weighted by Crippen LogP contribution is -2.42. The molecule has 0 fully saturated rings. The number of hydrogen-bond donors (Lipinski definition) is 1. The number of benzene rings is 5. The third kappa shape index (κ3) is 4.29. The molecule has 216 valence electrons. The number of nitrogens with zero attached hydrogens (tertiary/aromatic N) is 1. The second kappa shape index (κ2) is 11.1. The molecule has 0 aliphatic carbocycles. The maximum Gasteiger partial charge on any atom is 0.175 e. The summed E-state index contributed by atoms with van der Waals surface area (Å²) in [5.74, 6) is 0. The van der Waals surface area contributed by atoms with Gasteiger partial charge in [0.25, 0.3) is 0 Å². The van der Waals surface area contributed by atoms with Crippen LogP contribution < -0.4 is 36.7 Å². The van der Waals surface area contributed by atoms with Crippen molar-refractivity contribution in [2.45, 2.75) is 13.1 Å². The van der Waals surface area contributed by atoms with Crippen molar-refractivity contribution in [1.82, 2.24) is 0 Å². The highest BCUT2D eigenvalue weighted by molar-refractivity contribution is 7.86. The fraction of sp³-hybridized carbons (Fsp3) is 0.0526. The van der Waals surface area contributed by atoms with Crippen LogP contribution in [0, 0.1) is 0 Å². The molecule has 0 aromatic heterocycles. The average molecular weight is 611 g/mol. The predicted molar refractivity (Wildman–Crippen MR) is 187 cm³/mol. The highest BCUT2D eigenvalue weighted by Gasteiger charge is 2.46. The van der Waals surface area contributed by atoms with Gasteiger partial charge < -0.3 is 19.3 Å². The minimum Gasteiger partial charge on any atom is -0.359 e. The van der Waals surface area contributed by atoms with Gasteiger partial charge in [-0.05, 0) is 36.8 Å². The first-order valence-electron chi connectivity index (χ1n) is 14.7. The van der Waals surface area contributed by atoms with Gasteiger partial charge in [0.1, 0.15) is 6.17 Å². The molecular formula is C38H32N2O2P2. The monoisotopic (exact) mass is 610 g/mol. The van der Waals surface area contributed by atoms with Crippen LogP contribution in [0.3, 0.4) is 0 Å². The summed E-state index contributed by atoms with van der Waals surface area (Å²) >= 11 is 0. The molecule has 0 amide bonds. The number of hydrogen-bond acceptors (Lipinski definition) is 4. The summed E-state index contributed by atoms with van der Waals surface area (Å²) < 4.78 is 30.2. The maximum absolute atomic E-state index is 15.2. The van der Waals surface area contributed by atoms with E-state index in [0.29, 0.717) is 0 Å². The standard InChI is InChI=1S/C38H32N2O2P2/c1-3-29(43(41,30-16-7-4-8-17-30)31-18-9-5-10-19-31)27-26-28(2)38-39-33-22-15-25-36-37(33)40(38)34-23-13-14-24-35(34)44(36,42)32-20-11-6-12-21-32/h3-27,38-39H,2H2,1H3/b27-26-,29-3+. The summed E-state index contributed by atoms with van der Waals surface area (Å²) in [6.45, 7) is 6.43. The van der Waals surface area contributed by atoms with Crippen LogP contribution in [0.25, 0.3) is 0 Å². The normalized spacial score (nSPS) is 18.9. The summed E-state index contributed by atoms with van der Waals surface area (Å²) in [6.07, 6.45) is 5.52. The van der Waals surface area contributed by atoms with E-state index in [9.17, 15) is 4.57 Å². The van der Waals surface area contributed by atoms with Crippen molar-refractivity contribution in [2.75, 3.05) is 10.2 Å². The second-order valence-electron chi connectivity index (χ2n) is 10.9. The fourth-order valence-electron chi connectivity index (χ4n) is 6.38. The molecule has 0 radical (unpaired) electrons. The Labute approximate surface area is 258 Å². The number of anilines is 3. The van der Waals surface area contributed by atoms with E-state index in [0.717, 1.165) is 54.5 Å². The van der Waals surface area contributed by atoms with Crippen molar-refractivity contribution in [3.63, 3.8) is 0 Å². The number of rotatable bonds is 7. The van der Waals surface area contributed by atoms with E-state index in [2.05, 4.69) is 16.8 Å². The zero-order valence-corrected chi connectivity index (χ0v) is 26.2. The van der Waals surface area contributed by atoms with Gasteiger partial charge in [-0.25, -0.2) is 0 Å². The number of allylic oxidation sites excluding steroid dienone is 3. The molecule has 7 rings (SSSR count). The van der Waals surface area contributed by atoms with Gasteiger partial charge in [-0.15, -0.1) is 0 Å². The summed E-state index contributed by atoms with van der Waals surface area (Å²) in [7, 11) is -6.27. The summed E-state index contributed by atoms with van der Waals surface area (Å²) in [5, 5.41) is 8.41. The van der Waals surface area contributed by atoms with E-state index in [4.69, 9.17) is 0 Å². The van der Waals surface area contributed by atoms with Gasteiger partial charge in [0, 0.05) is 31.8 Å². The highest BCUT2D eigenvalue weighted by atomic mass is 31.2. The largest absolute Gasteiger partial charge is 0.359 e. The van der Waals surface area contributed by atoms with E-state index in [1.807, 2.05) is 159 Å². The molecule has 5 aromatic carbocycles. The molecule has 2 atom stereocenters. The van der Waals surface area contributed by atoms with E-state index >= 15 is 4.57 Å². The predicted octanol–water partition coefficient (Wildman–Crippen LogP) is 7.56. The zero-order valence-electron chi connectivity index (χ0n) is 24.4. The summed E-state index contributed by atoms with van der Waals surface area (Å²) in [4.78, 5) is 2.22. The quantitative estimate of drug-likeness (QED) is 0.153. The van der Waals surface area contributed by atoms with Crippen LogP contribution in [-0.2, 0) is 9.13 Å². The molecule has 1 N–H and O–H groups in total. The first-order chi connectivity index (χ1) is 21.5. The van der Waals surface area contributed by atoms with Crippen LogP contribution in [0.2, 0.25) is 0 Å². The van der Waals surface area contributed by atoms with Gasteiger partial charge >= 0.3 is 0 Å². The molecule has 4 nitrogen and oxygen atoms in total. The van der Waals surface area contributed by atoms with E-state index in [-0.39, 0.29) is 6.17 Å². The molecule has 2 aliphatic heterocycles. The van der Waals surface area contributed by atoms with Gasteiger partial charge in [0.15, 0.2) is 14.3 Å². The Hall–Kier alpha value is -4.62. The van der Waals surface area contributed by atoms with Gasteiger partial charge in [-0.3, -0.25) is 0 Å². The molecule has 2 heterocycles. The zero-order chi connectivity index (χ0) is 30.3. The van der Waals surface area contributed by atoms with Gasteiger partial charge in [0.2, 0.25) is 0 Å².